The van der Waals surface area contributed by atoms with Gasteiger partial charge in [0.05, 0.1) is 18.7 Å². The maximum Gasteiger partial charge on any atom is 0.180 e. The topological polar surface area (TPSA) is 41.6 Å². The van der Waals surface area contributed by atoms with Crippen molar-refractivity contribution < 1.29 is 9.53 Å². The molecule has 20 heavy (non-hydrogen) atoms. The lowest BCUT2D eigenvalue weighted by molar-refractivity contribution is 0.0917. The van der Waals surface area contributed by atoms with Crippen LogP contribution in [0, 0.1) is 0 Å². The molecule has 0 saturated carbocycles. The van der Waals surface area contributed by atoms with Crippen molar-refractivity contribution in [1.29, 1.82) is 0 Å². The van der Waals surface area contributed by atoms with Gasteiger partial charge in [-0.05, 0) is 31.0 Å². The Morgan fingerprint density at radius 3 is 2.70 bits per heavy atom. The zero-order chi connectivity index (χ0) is 14.4. The van der Waals surface area contributed by atoms with Crippen molar-refractivity contribution in [3.8, 4) is 5.75 Å². The van der Waals surface area contributed by atoms with E-state index in [1.807, 2.05) is 25.1 Å². The Kier molecular flexibility index (Phi) is 5.56. The minimum absolute atomic E-state index is 0.158. The van der Waals surface area contributed by atoms with E-state index in [0.29, 0.717) is 18.9 Å². The number of carbonyl (C=O) groups is 1. The summed E-state index contributed by atoms with van der Waals surface area (Å²) < 4.78 is 5.60. The molecule has 0 amide bonds. The molecule has 2 rings (SSSR count). The lowest BCUT2D eigenvalue weighted by atomic mass is 10.0. The predicted molar refractivity (Wildman–Crippen MR) is 80.6 cm³/mol. The number of Topliss-reactive ketones (excluding diaryl/α,β-unsaturated/α-hetero) is 1. The highest BCUT2D eigenvalue weighted by Gasteiger charge is 2.18. The van der Waals surface area contributed by atoms with Gasteiger partial charge in [-0.25, -0.2) is 0 Å². The van der Waals surface area contributed by atoms with Gasteiger partial charge in [-0.3, -0.25) is 9.69 Å². The van der Waals surface area contributed by atoms with Crippen LogP contribution in [0.1, 0.15) is 29.8 Å². The van der Waals surface area contributed by atoms with Crippen LogP contribution in [0.2, 0.25) is 0 Å². The summed E-state index contributed by atoms with van der Waals surface area (Å²) in [6.07, 6.45) is 0.931. The molecular weight excluding hydrogens is 252 g/mol. The Bertz CT molecular complexity index is 454. The number of aryl methyl sites for hydroxylation is 1. The minimum atomic E-state index is 0.158. The number of rotatable bonds is 6. The Hall–Kier alpha value is -1.39. The summed E-state index contributed by atoms with van der Waals surface area (Å²) in [5.74, 6) is 0.871. The van der Waals surface area contributed by atoms with Crippen molar-refractivity contribution in [3.05, 3.63) is 29.3 Å². The van der Waals surface area contributed by atoms with Crippen LogP contribution in [0.5, 0.6) is 5.75 Å². The van der Waals surface area contributed by atoms with Gasteiger partial charge in [0.25, 0.3) is 0 Å². The largest absolute Gasteiger partial charge is 0.493 e. The first-order valence-electron chi connectivity index (χ1n) is 7.46. The number of ketones is 1. The molecule has 0 radical (unpaired) electrons. The highest BCUT2D eigenvalue weighted by atomic mass is 16.5. The van der Waals surface area contributed by atoms with E-state index >= 15 is 0 Å². The quantitative estimate of drug-likeness (QED) is 0.804. The molecule has 0 atom stereocenters. The SMILES string of the molecule is CCOc1ccc(CC)cc1C(=O)CN1CCNCC1. The van der Waals surface area contributed by atoms with Gasteiger partial charge >= 0.3 is 0 Å². The first-order valence-corrected chi connectivity index (χ1v) is 7.46. The fourth-order valence-electron chi connectivity index (χ4n) is 2.45. The van der Waals surface area contributed by atoms with Gasteiger partial charge in [-0.15, -0.1) is 0 Å². The molecule has 0 aliphatic carbocycles. The molecule has 4 heteroatoms. The van der Waals surface area contributed by atoms with Crippen LogP contribution in [0.3, 0.4) is 0 Å². The van der Waals surface area contributed by atoms with Gasteiger partial charge in [-0.1, -0.05) is 13.0 Å². The van der Waals surface area contributed by atoms with Gasteiger partial charge in [0.2, 0.25) is 0 Å². The summed E-state index contributed by atoms with van der Waals surface area (Å²) in [5, 5.41) is 3.30. The lowest BCUT2D eigenvalue weighted by Gasteiger charge is -2.26. The van der Waals surface area contributed by atoms with Gasteiger partial charge < -0.3 is 10.1 Å². The van der Waals surface area contributed by atoms with Crippen molar-refractivity contribution in [3.63, 3.8) is 0 Å². The molecule has 1 N–H and O–H groups in total. The summed E-state index contributed by atoms with van der Waals surface area (Å²) >= 11 is 0. The molecule has 1 aromatic rings. The Morgan fingerprint density at radius 2 is 2.05 bits per heavy atom. The summed E-state index contributed by atoms with van der Waals surface area (Å²) in [7, 11) is 0. The number of carbonyl (C=O) groups excluding carboxylic acids is 1. The van der Waals surface area contributed by atoms with Crippen molar-refractivity contribution in [2.75, 3.05) is 39.3 Å². The van der Waals surface area contributed by atoms with Gasteiger partial charge in [0.15, 0.2) is 5.78 Å². The number of piperazine rings is 1. The minimum Gasteiger partial charge on any atom is -0.493 e. The smallest absolute Gasteiger partial charge is 0.180 e. The Labute approximate surface area is 121 Å². The second-order valence-corrected chi connectivity index (χ2v) is 5.07. The number of hydrogen-bond donors (Lipinski definition) is 1. The first kappa shape index (κ1) is 15.0. The number of ether oxygens (including phenoxy) is 1. The summed E-state index contributed by atoms with van der Waals surface area (Å²) in [5.41, 5.74) is 1.90. The summed E-state index contributed by atoms with van der Waals surface area (Å²) in [6, 6.07) is 5.94. The highest BCUT2D eigenvalue weighted by molar-refractivity contribution is 6.00. The van der Waals surface area contributed by atoms with Crippen LogP contribution in [0.15, 0.2) is 18.2 Å². The van der Waals surface area contributed by atoms with Gasteiger partial charge in [0.1, 0.15) is 5.75 Å². The fourth-order valence-corrected chi connectivity index (χ4v) is 2.45. The standard InChI is InChI=1S/C16H24N2O2/c1-3-13-5-6-16(20-4-2)14(11-13)15(19)12-18-9-7-17-8-10-18/h5-6,11,17H,3-4,7-10,12H2,1-2H3. The predicted octanol–water partition coefficient (Wildman–Crippen LogP) is 1.74. The second kappa shape index (κ2) is 7.41. The maximum atomic E-state index is 12.5. The van der Waals surface area contributed by atoms with Crippen molar-refractivity contribution in [1.82, 2.24) is 10.2 Å². The first-order chi connectivity index (χ1) is 9.74. The van der Waals surface area contributed by atoms with E-state index in [9.17, 15) is 4.79 Å². The average molecular weight is 276 g/mol. The molecule has 110 valence electrons. The van der Waals surface area contributed by atoms with E-state index in [0.717, 1.165) is 38.2 Å². The van der Waals surface area contributed by atoms with E-state index in [-0.39, 0.29) is 5.78 Å². The van der Waals surface area contributed by atoms with Crippen LogP contribution in [0.25, 0.3) is 0 Å². The van der Waals surface area contributed by atoms with Gasteiger partial charge in [0, 0.05) is 26.2 Å². The number of hydrogen-bond acceptors (Lipinski definition) is 4. The van der Waals surface area contributed by atoms with E-state index in [2.05, 4.69) is 17.1 Å². The molecule has 1 saturated heterocycles. The third-order valence-electron chi connectivity index (χ3n) is 3.63. The maximum absolute atomic E-state index is 12.5. The molecule has 1 fully saturated rings. The van der Waals surface area contributed by atoms with E-state index in [1.54, 1.807) is 0 Å². The second-order valence-electron chi connectivity index (χ2n) is 5.07. The average Bonchev–Trinajstić information content (AvgIpc) is 2.49. The monoisotopic (exact) mass is 276 g/mol. The number of nitrogens with zero attached hydrogens (tertiary/aromatic N) is 1. The van der Waals surface area contributed by atoms with E-state index in [1.165, 1.54) is 5.56 Å². The zero-order valence-corrected chi connectivity index (χ0v) is 12.4. The lowest BCUT2D eigenvalue weighted by Crippen LogP contribution is -2.45. The molecule has 1 aromatic carbocycles. The van der Waals surface area contributed by atoms with Crippen LogP contribution in [0.4, 0.5) is 0 Å². The molecule has 1 heterocycles. The molecular formula is C16H24N2O2. The van der Waals surface area contributed by atoms with Crippen LogP contribution < -0.4 is 10.1 Å². The molecule has 1 aliphatic rings. The third kappa shape index (κ3) is 3.81. The zero-order valence-electron chi connectivity index (χ0n) is 12.4. The number of benzene rings is 1. The Balaban J connectivity index is 2.13. The molecule has 1 aliphatic heterocycles. The summed E-state index contributed by atoms with van der Waals surface area (Å²) in [6.45, 7) is 8.89. The molecule has 0 spiro atoms. The van der Waals surface area contributed by atoms with Crippen molar-refractivity contribution in [2.45, 2.75) is 20.3 Å². The van der Waals surface area contributed by atoms with Crippen LogP contribution >= 0.6 is 0 Å². The Morgan fingerprint density at radius 1 is 1.30 bits per heavy atom. The molecule has 0 aromatic heterocycles. The fraction of sp³-hybridized carbons (Fsp3) is 0.562. The normalized spacial score (nSPS) is 16.1. The molecule has 0 bridgehead atoms. The third-order valence-corrected chi connectivity index (χ3v) is 3.63. The highest BCUT2D eigenvalue weighted by Crippen LogP contribution is 2.21. The summed E-state index contributed by atoms with van der Waals surface area (Å²) in [4.78, 5) is 14.7. The van der Waals surface area contributed by atoms with Crippen LogP contribution in [-0.2, 0) is 6.42 Å². The van der Waals surface area contributed by atoms with Gasteiger partial charge in [-0.2, -0.15) is 0 Å². The molecule has 4 nitrogen and oxygen atoms in total. The van der Waals surface area contributed by atoms with Crippen molar-refractivity contribution in [2.24, 2.45) is 0 Å². The van der Waals surface area contributed by atoms with E-state index in [4.69, 9.17) is 4.74 Å². The molecule has 0 unspecified atom stereocenters. The van der Waals surface area contributed by atoms with E-state index < -0.39 is 0 Å². The number of nitrogens with one attached hydrogen (secondary N) is 1. The van der Waals surface area contributed by atoms with Crippen molar-refractivity contribution >= 4 is 5.78 Å². The van der Waals surface area contributed by atoms with Crippen LogP contribution in [-0.4, -0.2) is 50.0 Å².